The maximum absolute atomic E-state index is 12.5. The maximum Gasteiger partial charge on any atom is 0.342 e. The Hall–Kier alpha value is -3.87. The zero-order valence-electron chi connectivity index (χ0n) is 20.0. The van der Waals surface area contributed by atoms with Crippen LogP contribution in [0.2, 0.25) is 0 Å². The van der Waals surface area contributed by atoms with E-state index in [1.54, 1.807) is 31.3 Å². The standard InChI is InChI=1S/C27H30N2O5/c1-5-17-29(25-22(10-8-16-28-25)26(30)34-6-2)18-19-12-14-20(15-13-19)21-9-7-11-23(32-3)24(21)27(31)33-4/h7-16H,5-6,17-18H2,1-4H3. The van der Waals surface area contributed by atoms with Crippen LogP contribution in [0.5, 0.6) is 5.75 Å². The van der Waals surface area contributed by atoms with E-state index < -0.39 is 5.97 Å². The Morgan fingerprint density at radius 1 is 0.941 bits per heavy atom. The number of methoxy groups -OCH3 is 2. The van der Waals surface area contributed by atoms with Crippen molar-refractivity contribution < 1.29 is 23.8 Å². The van der Waals surface area contributed by atoms with E-state index in [1.807, 2.05) is 36.4 Å². The van der Waals surface area contributed by atoms with E-state index in [1.165, 1.54) is 14.2 Å². The van der Waals surface area contributed by atoms with Gasteiger partial charge in [0.15, 0.2) is 0 Å². The molecular weight excluding hydrogens is 432 g/mol. The van der Waals surface area contributed by atoms with Crippen LogP contribution in [0.3, 0.4) is 0 Å². The van der Waals surface area contributed by atoms with Crippen LogP contribution in [-0.2, 0) is 16.0 Å². The second-order valence-corrected chi connectivity index (χ2v) is 7.59. The number of carbonyl (C=O) groups is 2. The number of benzene rings is 2. The van der Waals surface area contributed by atoms with Gasteiger partial charge in [0.2, 0.25) is 0 Å². The van der Waals surface area contributed by atoms with E-state index in [0.29, 0.717) is 35.8 Å². The number of hydrogen-bond donors (Lipinski definition) is 0. The molecule has 7 heteroatoms. The predicted octanol–water partition coefficient (Wildman–Crippen LogP) is 5.14. The first-order valence-electron chi connectivity index (χ1n) is 11.3. The van der Waals surface area contributed by atoms with Crippen molar-refractivity contribution >= 4 is 17.8 Å². The van der Waals surface area contributed by atoms with E-state index in [9.17, 15) is 9.59 Å². The molecule has 178 valence electrons. The van der Waals surface area contributed by atoms with E-state index in [4.69, 9.17) is 14.2 Å². The molecule has 7 nitrogen and oxygen atoms in total. The second-order valence-electron chi connectivity index (χ2n) is 7.59. The minimum absolute atomic E-state index is 0.306. The lowest BCUT2D eigenvalue weighted by Crippen LogP contribution is -2.27. The van der Waals surface area contributed by atoms with Gasteiger partial charge in [-0.05, 0) is 48.2 Å². The summed E-state index contributed by atoms with van der Waals surface area (Å²) in [4.78, 5) is 31.4. The quantitative estimate of drug-likeness (QED) is 0.386. The normalized spacial score (nSPS) is 10.5. The first-order chi connectivity index (χ1) is 16.5. The lowest BCUT2D eigenvalue weighted by atomic mass is 9.97. The van der Waals surface area contributed by atoms with E-state index in [-0.39, 0.29) is 5.97 Å². The Morgan fingerprint density at radius 2 is 1.71 bits per heavy atom. The lowest BCUT2D eigenvalue weighted by molar-refractivity contribution is 0.0525. The van der Waals surface area contributed by atoms with Gasteiger partial charge in [0.25, 0.3) is 0 Å². The summed E-state index contributed by atoms with van der Waals surface area (Å²) in [6.45, 7) is 5.47. The van der Waals surface area contributed by atoms with Crippen LogP contribution >= 0.6 is 0 Å². The Morgan fingerprint density at radius 3 is 2.35 bits per heavy atom. The number of ether oxygens (including phenoxy) is 3. The fourth-order valence-corrected chi connectivity index (χ4v) is 3.81. The maximum atomic E-state index is 12.5. The van der Waals surface area contributed by atoms with Crippen LogP contribution in [0.25, 0.3) is 11.1 Å². The van der Waals surface area contributed by atoms with Crippen molar-refractivity contribution in [3.8, 4) is 16.9 Å². The highest BCUT2D eigenvalue weighted by molar-refractivity contribution is 6.00. The average molecular weight is 463 g/mol. The van der Waals surface area contributed by atoms with Gasteiger partial charge in [-0.2, -0.15) is 0 Å². The molecular formula is C27H30N2O5. The summed E-state index contributed by atoms with van der Waals surface area (Å²) in [5.74, 6) is 0.236. The zero-order chi connectivity index (χ0) is 24.5. The minimum Gasteiger partial charge on any atom is -0.496 e. The molecule has 0 aliphatic heterocycles. The van der Waals surface area contributed by atoms with Crippen LogP contribution in [-0.4, -0.2) is 44.3 Å². The molecule has 0 amide bonds. The summed E-state index contributed by atoms with van der Waals surface area (Å²) in [6.07, 6.45) is 2.57. The summed E-state index contributed by atoms with van der Waals surface area (Å²) in [5, 5.41) is 0. The number of hydrogen-bond acceptors (Lipinski definition) is 7. The van der Waals surface area contributed by atoms with Crippen molar-refractivity contribution in [3.63, 3.8) is 0 Å². The second kappa shape index (κ2) is 11.8. The van der Waals surface area contributed by atoms with Gasteiger partial charge in [-0.1, -0.05) is 43.3 Å². The lowest BCUT2D eigenvalue weighted by Gasteiger charge is -2.25. The Kier molecular flexibility index (Phi) is 8.62. The highest BCUT2D eigenvalue weighted by Gasteiger charge is 2.20. The van der Waals surface area contributed by atoms with Crippen LogP contribution in [0.1, 0.15) is 46.5 Å². The third-order valence-corrected chi connectivity index (χ3v) is 5.35. The molecule has 0 fully saturated rings. The molecule has 2 aromatic carbocycles. The van der Waals surface area contributed by atoms with E-state index in [2.05, 4.69) is 16.8 Å². The number of nitrogens with zero attached hydrogens (tertiary/aromatic N) is 2. The molecule has 0 spiro atoms. The summed E-state index contributed by atoms with van der Waals surface area (Å²) in [7, 11) is 2.88. The van der Waals surface area contributed by atoms with Gasteiger partial charge in [0, 0.05) is 19.3 Å². The van der Waals surface area contributed by atoms with Gasteiger partial charge in [-0.3, -0.25) is 0 Å². The van der Waals surface area contributed by atoms with Gasteiger partial charge >= 0.3 is 11.9 Å². The summed E-state index contributed by atoms with van der Waals surface area (Å²) in [5.41, 5.74) is 3.49. The van der Waals surface area contributed by atoms with E-state index in [0.717, 1.165) is 29.7 Å². The minimum atomic E-state index is -0.452. The number of esters is 2. The van der Waals surface area contributed by atoms with Crippen molar-refractivity contribution in [1.29, 1.82) is 0 Å². The molecule has 3 rings (SSSR count). The van der Waals surface area contributed by atoms with Crippen LogP contribution in [0.4, 0.5) is 5.82 Å². The Labute approximate surface area is 200 Å². The fourth-order valence-electron chi connectivity index (χ4n) is 3.81. The molecule has 0 unspecified atom stereocenters. The fraction of sp³-hybridized carbons (Fsp3) is 0.296. The summed E-state index contributed by atoms with van der Waals surface area (Å²) in [6, 6.07) is 16.9. The molecule has 1 heterocycles. The van der Waals surface area contributed by atoms with E-state index >= 15 is 0 Å². The first-order valence-corrected chi connectivity index (χ1v) is 11.3. The molecule has 0 N–H and O–H groups in total. The van der Waals surface area contributed by atoms with Gasteiger partial charge in [-0.25, -0.2) is 14.6 Å². The van der Waals surface area contributed by atoms with Gasteiger partial charge in [0.05, 0.1) is 20.8 Å². The SMILES string of the molecule is CCCN(Cc1ccc(-c2cccc(OC)c2C(=O)OC)cc1)c1ncccc1C(=O)OCC. The molecule has 0 atom stereocenters. The van der Waals surface area contributed by atoms with Crippen LogP contribution in [0, 0.1) is 0 Å². The van der Waals surface area contributed by atoms with Crippen molar-refractivity contribution in [2.75, 3.05) is 32.3 Å². The highest BCUT2D eigenvalue weighted by atomic mass is 16.5. The van der Waals surface area contributed by atoms with Gasteiger partial charge in [0.1, 0.15) is 22.7 Å². The number of aromatic nitrogens is 1. The van der Waals surface area contributed by atoms with Crippen LogP contribution < -0.4 is 9.64 Å². The smallest absolute Gasteiger partial charge is 0.342 e. The number of carbonyl (C=O) groups excluding carboxylic acids is 2. The largest absolute Gasteiger partial charge is 0.496 e. The molecule has 0 aliphatic rings. The summed E-state index contributed by atoms with van der Waals surface area (Å²) < 4.78 is 15.6. The Bertz CT molecular complexity index is 1130. The van der Waals surface area contributed by atoms with Gasteiger partial charge < -0.3 is 19.1 Å². The van der Waals surface area contributed by atoms with Crippen molar-refractivity contribution in [2.45, 2.75) is 26.8 Å². The number of pyridine rings is 1. The van der Waals surface area contributed by atoms with Gasteiger partial charge in [-0.15, -0.1) is 0 Å². The molecule has 34 heavy (non-hydrogen) atoms. The van der Waals surface area contributed by atoms with Crippen molar-refractivity contribution in [3.05, 3.63) is 77.5 Å². The molecule has 0 saturated carbocycles. The molecule has 0 aliphatic carbocycles. The number of anilines is 1. The molecule has 0 saturated heterocycles. The summed E-state index contributed by atoms with van der Waals surface area (Å²) >= 11 is 0. The zero-order valence-corrected chi connectivity index (χ0v) is 20.0. The highest BCUT2D eigenvalue weighted by Crippen LogP contribution is 2.32. The first kappa shape index (κ1) is 24.8. The van der Waals surface area contributed by atoms with Crippen molar-refractivity contribution in [1.82, 2.24) is 4.98 Å². The third-order valence-electron chi connectivity index (χ3n) is 5.35. The number of rotatable bonds is 10. The Balaban J connectivity index is 1.91. The molecule has 0 radical (unpaired) electrons. The predicted molar refractivity (Wildman–Crippen MR) is 131 cm³/mol. The van der Waals surface area contributed by atoms with Crippen molar-refractivity contribution in [2.24, 2.45) is 0 Å². The molecule has 3 aromatic rings. The average Bonchev–Trinajstić information content (AvgIpc) is 2.88. The van der Waals surface area contributed by atoms with Crippen LogP contribution in [0.15, 0.2) is 60.8 Å². The third kappa shape index (κ3) is 5.54. The monoisotopic (exact) mass is 462 g/mol. The topological polar surface area (TPSA) is 78.0 Å². The molecule has 0 bridgehead atoms. The molecule has 1 aromatic heterocycles.